The van der Waals surface area contributed by atoms with Crippen molar-refractivity contribution in [3.05, 3.63) is 21.4 Å². The van der Waals surface area contributed by atoms with Crippen molar-refractivity contribution in [2.75, 3.05) is 7.05 Å². The molecule has 0 bridgehead atoms. The molecule has 64 valence electrons. The maximum atomic E-state index is 8.57. The van der Waals surface area contributed by atoms with Crippen LogP contribution in [0.15, 0.2) is 6.07 Å². The molecule has 0 aliphatic rings. The molecular weight excluding hydrogens is 168 g/mol. The Labute approximate surface area is 77.0 Å². The third-order valence-electron chi connectivity index (χ3n) is 1.72. The van der Waals surface area contributed by atoms with Crippen LogP contribution in [-0.4, -0.2) is 11.9 Å². The van der Waals surface area contributed by atoms with E-state index in [-0.39, 0.29) is 0 Å². The molecule has 1 aromatic heterocycles. The van der Waals surface area contributed by atoms with Crippen LogP contribution in [0.1, 0.15) is 15.3 Å². The summed E-state index contributed by atoms with van der Waals surface area (Å²) in [6, 6.07) is 2.15. The van der Waals surface area contributed by atoms with E-state index in [9.17, 15) is 0 Å². The Morgan fingerprint density at radius 1 is 1.58 bits per heavy atom. The largest absolute Gasteiger partial charge is 0.309 e. The second-order valence-corrected chi connectivity index (χ2v) is 4.35. The highest BCUT2D eigenvalue weighted by molar-refractivity contribution is 7.12. The molecule has 0 aliphatic carbocycles. The van der Waals surface area contributed by atoms with Gasteiger partial charge in [-0.15, -0.1) is 11.3 Å². The standard InChI is InChI=1S/C9H12N2S/c1-7-4-9(8(2)12-7)5-11(3)6-10/h4H,5H2,1-3H3. The fourth-order valence-corrected chi connectivity index (χ4v) is 2.07. The molecule has 0 spiro atoms. The normalized spacial score (nSPS) is 9.50. The lowest BCUT2D eigenvalue weighted by molar-refractivity contribution is 0.469. The first-order valence-electron chi connectivity index (χ1n) is 3.80. The van der Waals surface area contributed by atoms with E-state index in [4.69, 9.17) is 5.26 Å². The van der Waals surface area contributed by atoms with Gasteiger partial charge in [0.2, 0.25) is 0 Å². The minimum atomic E-state index is 0.729. The van der Waals surface area contributed by atoms with Crippen LogP contribution < -0.4 is 0 Å². The molecule has 0 aromatic carbocycles. The maximum absolute atomic E-state index is 8.57. The summed E-state index contributed by atoms with van der Waals surface area (Å²) in [4.78, 5) is 4.26. The summed E-state index contributed by atoms with van der Waals surface area (Å²) in [6.45, 7) is 4.92. The van der Waals surface area contributed by atoms with Gasteiger partial charge in [-0.05, 0) is 25.5 Å². The third-order valence-corrected chi connectivity index (χ3v) is 2.73. The van der Waals surface area contributed by atoms with Crippen LogP contribution in [0.5, 0.6) is 0 Å². The Kier molecular flexibility index (Phi) is 2.72. The van der Waals surface area contributed by atoms with Gasteiger partial charge in [0.25, 0.3) is 0 Å². The Hall–Kier alpha value is -1.01. The topological polar surface area (TPSA) is 27.0 Å². The zero-order chi connectivity index (χ0) is 9.14. The summed E-state index contributed by atoms with van der Waals surface area (Å²) in [5.74, 6) is 0. The Morgan fingerprint density at radius 3 is 2.67 bits per heavy atom. The summed E-state index contributed by atoms with van der Waals surface area (Å²) >= 11 is 1.79. The smallest absolute Gasteiger partial charge is 0.179 e. The Morgan fingerprint density at radius 2 is 2.25 bits per heavy atom. The lowest BCUT2D eigenvalue weighted by Crippen LogP contribution is -2.09. The van der Waals surface area contributed by atoms with E-state index in [1.165, 1.54) is 15.3 Å². The highest BCUT2D eigenvalue weighted by Gasteiger charge is 2.04. The molecule has 0 atom stereocenters. The maximum Gasteiger partial charge on any atom is 0.179 e. The van der Waals surface area contributed by atoms with Gasteiger partial charge < -0.3 is 4.90 Å². The Balaban J connectivity index is 2.76. The van der Waals surface area contributed by atoms with Crippen molar-refractivity contribution in [2.24, 2.45) is 0 Å². The molecule has 0 saturated carbocycles. The SMILES string of the molecule is Cc1cc(CN(C)C#N)c(C)s1. The molecule has 1 aromatic rings. The lowest BCUT2D eigenvalue weighted by Gasteiger charge is -2.06. The lowest BCUT2D eigenvalue weighted by atomic mass is 10.2. The zero-order valence-electron chi connectivity index (χ0n) is 7.59. The number of hydrogen-bond acceptors (Lipinski definition) is 3. The average Bonchev–Trinajstić information content (AvgIpc) is 2.30. The molecule has 0 saturated heterocycles. The van der Waals surface area contributed by atoms with Crippen LogP contribution in [0.2, 0.25) is 0 Å². The van der Waals surface area contributed by atoms with Gasteiger partial charge in [-0.25, -0.2) is 0 Å². The van der Waals surface area contributed by atoms with Crippen LogP contribution in [-0.2, 0) is 6.54 Å². The summed E-state index contributed by atoms with van der Waals surface area (Å²) < 4.78 is 0. The predicted octanol–water partition coefficient (Wildman–Crippen LogP) is 2.28. The van der Waals surface area contributed by atoms with E-state index in [0.717, 1.165) is 6.54 Å². The van der Waals surface area contributed by atoms with Crippen LogP contribution in [0, 0.1) is 25.3 Å². The summed E-state index contributed by atoms with van der Waals surface area (Å²) in [6.07, 6.45) is 2.09. The van der Waals surface area contributed by atoms with E-state index in [1.54, 1.807) is 23.3 Å². The number of nitrogens with zero attached hydrogens (tertiary/aromatic N) is 2. The first-order valence-corrected chi connectivity index (χ1v) is 4.62. The number of hydrogen-bond donors (Lipinski definition) is 0. The highest BCUT2D eigenvalue weighted by Crippen LogP contribution is 2.21. The summed E-state index contributed by atoms with van der Waals surface area (Å²) in [5, 5.41) is 8.57. The van der Waals surface area contributed by atoms with Crippen molar-refractivity contribution < 1.29 is 0 Å². The first-order chi connectivity index (χ1) is 5.63. The van der Waals surface area contributed by atoms with Gasteiger partial charge in [0.15, 0.2) is 6.19 Å². The molecule has 0 amide bonds. The minimum Gasteiger partial charge on any atom is -0.309 e. The van der Waals surface area contributed by atoms with Gasteiger partial charge in [-0.3, -0.25) is 0 Å². The quantitative estimate of drug-likeness (QED) is 0.515. The number of aryl methyl sites for hydroxylation is 2. The fourth-order valence-electron chi connectivity index (χ4n) is 1.13. The number of nitriles is 1. The molecule has 2 nitrogen and oxygen atoms in total. The molecule has 0 radical (unpaired) electrons. The number of rotatable bonds is 2. The minimum absolute atomic E-state index is 0.729. The van der Waals surface area contributed by atoms with Gasteiger partial charge in [0.05, 0.1) is 6.54 Å². The van der Waals surface area contributed by atoms with Crippen molar-refractivity contribution in [1.82, 2.24) is 4.90 Å². The molecule has 0 unspecified atom stereocenters. The average molecular weight is 180 g/mol. The zero-order valence-corrected chi connectivity index (χ0v) is 8.40. The second kappa shape index (κ2) is 3.59. The molecule has 0 aliphatic heterocycles. The van der Waals surface area contributed by atoms with Crippen molar-refractivity contribution in [1.29, 1.82) is 5.26 Å². The molecule has 3 heteroatoms. The van der Waals surface area contributed by atoms with Crippen molar-refractivity contribution in [2.45, 2.75) is 20.4 Å². The molecular formula is C9H12N2S. The van der Waals surface area contributed by atoms with E-state index >= 15 is 0 Å². The molecule has 12 heavy (non-hydrogen) atoms. The second-order valence-electron chi connectivity index (χ2n) is 2.89. The molecule has 0 N–H and O–H groups in total. The molecule has 1 rings (SSSR count). The van der Waals surface area contributed by atoms with Gasteiger partial charge >= 0.3 is 0 Å². The third kappa shape index (κ3) is 1.99. The van der Waals surface area contributed by atoms with Gasteiger partial charge in [0.1, 0.15) is 0 Å². The van der Waals surface area contributed by atoms with E-state index in [1.807, 2.05) is 0 Å². The van der Waals surface area contributed by atoms with Crippen molar-refractivity contribution in [3.8, 4) is 6.19 Å². The van der Waals surface area contributed by atoms with Crippen molar-refractivity contribution in [3.63, 3.8) is 0 Å². The highest BCUT2D eigenvalue weighted by atomic mass is 32.1. The summed E-state index contributed by atoms with van der Waals surface area (Å²) in [7, 11) is 1.80. The van der Waals surface area contributed by atoms with E-state index in [2.05, 4.69) is 26.1 Å². The number of thiophene rings is 1. The van der Waals surface area contributed by atoms with Gasteiger partial charge in [-0.1, -0.05) is 0 Å². The van der Waals surface area contributed by atoms with E-state index in [0.29, 0.717) is 0 Å². The van der Waals surface area contributed by atoms with Gasteiger partial charge in [-0.2, -0.15) is 5.26 Å². The van der Waals surface area contributed by atoms with Crippen LogP contribution in [0.3, 0.4) is 0 Å². The predicted molar refractivity (Wildman–Crippen MR) is 50.9 cm³/mol. The van der Waals surface area contributed by atoms with Crippen LogP contribution in [0.25, 0.3) is 0 Å². The monoisotopic (exact) mass is 180 g/mol. The summed E-state index contributed by atoms with van der Waals surface area (Å²) in [5.41, 5.74) is 1.27. The fraction of sp³-hybridized carbons (Fsp3) is 0.444. The Bertz CT molecular complexity index is 309. The van der Waals surface area contributed by atoms with Crippen LogP contribution in [0.4, 0.5) is 0 Å². The van der Waals surface area contributed by atoms with E-state index < -0.39 is 0 Å². The van der Waals surface area contributed by atoms with Crippen molar-refractivity contribution >= 4 is 11.3 Å². The van der Waals surface area contributed by atoms with Gasteiger partial charge in [0, 0.05) is 16.8 Å². The molecule has 1 heterocycles. The first kappa shape index (κ1) is 9.08. The molecule has 0 fully saturated rings. The van der Waals surface area contributed by atoms with Crippen LogP contribution >= 0.6 is 11.3 Å².